The second-order valence-corrected chi connectivity index (χ2v) is 8.78. The fourth-order valence-corrected chi connectivity index (χ4v) is 3.27. The summed E-state index contributed by atoms with van der Waals surface area (Å²) in [6, 6.07) is 10.9. The van der Waals surface area contributed by atoms with Crippen molar-refractivity contribution in [3.05, 3.63) is 66.0 Å². The first-order valence-corrected chi connectivity index (χ1v) is 10.2. The molecule has 1 amide bonds. The predicted molar refractivity (Wildman–Crippen MR) is 119 cm³/mol. The van der Waals surface area contributed by atoms with Gasteiger partial charge in [-0.2, -0.15) is 18.3 Å². The summed E-state index contributed by atoms with van der Waals surface area (Å²) < 4.78 is 42.2. The van der Waals surface area contributed by atoms with E-state index in [2.05, 4.69) is 20.4 Å². The van der Waals surface area contributed by atoms with E-state index in [1.807, 2.05) is 19.1 Å². The van der Waals surface area contributed by atoms with Crippen LogP contribution >= 0.6 is 0 Å². The van der Waals surface area contributed by atoms with Crippen LogP contribution in [0.15, 0.2) is 54.9 Å². The number of halogens is 3. The highest BCUT2D eigenvalue weighted by Gasteiger charge is 2.35. The van der Waals surface area contributed by atoms with Gasteiger partial charge in [-0.05, 0) is 42.8 Å². The Morgan fingerprint density at radius 2 is 1.79 bits per heavy atom. The van der Waals surface area contributed by atoms with Gasteiger partial charge in [0.25, 0.3) is 0 Å². The smallest absolute Gasteiger partial charge is 0.325 e. The second-order valence-electron chi connectivity index (χ2n) is 8.78. The van der Waals surface area contributed by atoms with Gasteiger partial charge in [0.1, 0.15) is 5.69 Å². The molecule has 0 spiro atoms. The summed E-state index contributed by atoms with van der Waals surface area (Å²) >= 11 is 0. The predicted octanol–water partition coefficient (Wildman–Crippen LogP) is 5.77. The van der Waals surface area contributed by atoms with E-state index in [1.54, 1.807) is 49.8 Å². The number of aromatic nitrogens is 4. The van der Waals surface area contributed by atoms with Crippen LogP contribution in [-0.2, 0) is 11.0 Å². The molecule has 0 saturated carbocycles. The Morgan fingerprint density at radius 3 is 2.45 bits per heavy atom. The van der Waals surface area contributed by atoms with Crippen LogP contribution in [-0.4, -0.2) is 25.5 Å². The average molecular weight is 453 g/mol. The molecule has 0 radical (unpaired) electrons. The SMILES string of the molecule is Cc1cccnc1-c1ccc2nc(-c3ccc(C(F)(F)F)c(NC(=O)C(C)(C)C)c3)cn2n1. The van der Waals surface area contributed by atoms with Gasteiger partial charge in [-0.15, -0.1) is 0 Å². The Labute approximate surface area is 188 Å². The maximum Gasteiger partial charge on any atom is 0.418 e. The molecule has 0 fully saturated rings. The largest absolute Gasteiger partial charge is 0.418 e. The Morgan fingerprint density at radius 1 is 1.03 bits per heavy atom. The van der Waals surface area contributed by atoms with E-state index in [-0.39, 0.29) is 5.69 Å². The van der Waals surface area contributed by atoms with Crippen LogP contribution in [0.3, 0.4) is 0 Å². The van der Waals surface area contributed by atoms with Gasteiger partial charge in [0.2, 0.25) is 5.91 Å². The summed E-state index contributed by atoms with van der Waals surface area (Å²) in [6.45, 7) is 6.83. The number of imidazole rings is 1. The van der Waals surface area contributed by atoms with E-state index in [1.165, 1.54) is 12.1 Å². The van der Waals surface area contributed by atoms with Gasteiger partial charge in [0.15, 0.2) is 5.65 Å². The lowest BCUT2D eigenvalue weighted by atomic mass is 9.95. The van der Waals surface area contributed by atoms with Crippen LogP contribution in [0.25, 0.3) is 28.3 Å². The van der Waals surface area contributed by atoms with Crippen molar-refractivity contribution in [2.24, 2.45) is 5.41 Å². The molecule has 6 nitrogen and oxygen atoms in total. The molecule has 1 aromatic carbocycles. The molecule has 9 heteroatoms. The summed E-state index contributed by atoms with van der Waals surface area (Å²) in [5, 5.41) is 6.97. The number of carbonyl (C=O) groups excluding carboxylic acids is 1. The molecular weight excluding hydrogens is 431 g/mol. The number of aryl methyl sites for hydroxylation is 1. The zero-order valence-corrected chi connectivity index (χ0v) is 18.5. The normalized spacial score (nSPS) is 12.2. The van der Waals surface area contributed by atoms with Crippen molar-refractivity contribution in [2.75, 3.05) is 5.32 Å². The highest BCUT2D eigenvalue weighted by molar-refractivity contribution is 5.96. The van der Waals surface area contributed by atoms with Crippen LogP contribution in [0.5, 0.6) is 0 Å². The maximum atomic E-state index is 13.5. The van der Waals surface area contributed by atoms with Crippen LogP contribution in [0.1, 0.15) is 31.9 Å². The number of fused-ring (bicyclic) bond motifs is 1. The number of hydrogen-bond acceptors (Lipinski definition) is 4. The minimum atomic E-state index is -4.62. The number of nitrogens with one attached hydrogen (secondary N) is 1. The van der Waals surface area contributed by atoms with Crippen molar-refractivity contribution in [3.63, 3.8) is 0 Å². The fraction of sp³-hybridized carbons (Fsp3) is 0.250. The number of anilines is 1. The van der Waals surface area contributed by atoms with E-state index in [0.29, 0.717) is 22.6 Å². The number of nitrogens with zero attached hydrogens (tertiary/aromatic N) is 4. The molecule has 0 aliphatic heterocycles. The van der Waals surface area contributed by atoms with E-state index < -0.39 is 23.1 Å². The Balaban J connectivity index is 1.76. The third-order valence-corrected chi connectivity index (χ3v) is 5.12. The first-order valence-electron chi connectivity index (χ1n) is 10.2. The lowest BCUT2D eigenvalue weighted by molar-refractivity contribution is -0.137. The Bertz CT molecular complexity index is 1350. The van der Waals surface area contributed by atoms with Gasteiger partial charge in [0.05, 0.1) is 28.8 Å². The maximum absolute atomic E-state index is 13.5. The first-order chi connectivity index (χ1) is 15.4. The van der Waals surface area contributed by atoms with E-state index in [9.17, 15) is 18.0 Å². The molecule has 0 bridgehead atoms. The fourth-order valence-electron chi connectivity index (χ4n) is 3.27. The van der Waals surface area contributed by atoms with Gasteiger partial charge < -0.3 is 5.32 Å². The molecule has 0 unspecified atom stereocenters. The summed E-state index contributed by atoms with van der Waals surface area (Å²) in [5.74, 6) is -0.516. The topological polar surface area (TPSA) is 72.2 Å². The van der Waals surface area contributed by atoms with Crippen LogP contribution in [0.2, 0.25) is 0 Å². The number of amides is 1. The van der Waals surface area contributed by atoms with Gasteiger partial charge in [-0.25, -0.2) is 9.50 Å². The average Bonchev–Trinajstić information content (AvgIpc) is 3.16. The van der Waals surface area contributed by atoms with Gasteiger partial charge >= 0.3 is 6.18 Å². The van der Waals surface area contributed by atoms with Gasteiger partial charge in [-0.3, -0.25) is 9.78 Å². The number of rotatable bonds is 3. The van der Waals surface area contributed by atoms with Crippen molar-refractivity contribution >= 4 is 17.2 Å². The summed E-state index contributed by atoms with van der Waals surface area (Å²) in [6.07, 6.45) is -1.30. The van der Waals surface area contributed by atoms with E-state index >= 15 is 0 Å². The van der Waals surface area contributed by atoms with Crippen molar-refractivity contribution in [2.45, 2.75) is 33.9 Å². The quantitative estimate of drug-likeness (QED) is 0.427. The number of hydrogen-bond donors (Lipinski definition) is 1. The molecule has 0 aliphatic rings. The second kappa shape index (κ2) is 7.99. The van der Waals surface area contributed by atoms with Crippen molar-refractivity contribution in [1.82, 2.24) is 19.6 Å². The zero-order valence-electron chi connectivity index (χ0n) is 18.5. The van der Waals surface area contributed by atoms with E-state index in [4.69, 9.17) is 0 Å². The molecule has 170 valence electrons. The van der Waals surface area contributed by atoms with Crippen LogP contribution in [0, 0.1) is 12.3 Å². The van der Waals surface area contributed by atoms with E-state index in [0.717, 1.165) is 17.3 Å². The van der Waals surface area contributed by atoms with Crippen LogP contribution < -0.4 is 5.32 Å². The zero-order chi connectivity index (χ0) is 24.0. The molecule has 4 rings (SSSR count). The molecule has 3 heterocycles. The van der Waals surface area contributed by atoms with Gasteiger partial charge in [0, 0.05) is 17.2 Å². The number of alkyl halides is 3. The third kappa shape index (κ3) is 4.57. The monoisotopic (exact) mass is 453 g/mol. The molecule has 33 heavy (non-hydrogen) atoms. The molecule has 3 aromatic heterocycles. The lowest BCUT2D eigenvalue weighted by Crippen LogP contribution is -2.28. The molecule has 4 aromatic rings. The number of carbonyl (C=O) groups is 1. The molecule has 0 saturated heterocycles. The number of benzene rings is 1. The number of pyridine rings is 1. The van der Waals surface area contributed by atoms with Crippen molar-refractivity contribution < 1.29 is 18.0 Å². The highest BCUT2D eigenvalue weighted by atomic mass is 19.4. The van der Waals surface area contributed by atoms with Crippen molar-refractivity contribution in [3.8, 4) is 22.6 Å². The molecular formula is C24H22F3N5O. The molecule has 0 aliphatic carbocycles. The minimum Gasteiger partial charge on any atom is -0.325 e. The Kier molecular flexibility index (Phi) is 5.43. The lowest BCUT2D eigenvalue weighted by Gasteiger charge is -2.20. The van der Waals surface area contributed by atoms with Gasteiger partial charge in [-0.1, -0.05) is 32.9 Å². The minimum absolute atomic E-state index is 0.310. The van der Waals surface area contributed by atoms with Crippen molar-refractivity contribution in [1.29, 1.82) is 0 Å². The highest BCUT2D eigenvalue weighted by Crippen LogP contribution is 2.37. The first kappa shape index (κ1) is 22.4. The molecule has 1 N–H and O–H groups in total. The summed E-state index contributed by atoms with van der Waals surface area (Å²) in [5.41, 5.74) is 1.64. The summed E-state index contributed by atoms with van der Waals surface area (Å²) in [4.78, 5) is 21.2. The van der Waals surface area contributed by atoms with Crippen LogP contribution in [0.4, 0.5) is 18.9 Å². The summed E-state index contributed by atoms with van der Waals surface area (Å²) in [7, 11) is 0. The Hall–Kier alpha value is -3.75. The molecule has 0 atom stereocenters. The standard InChI is InChI=1S/C24H22F3N5O/c1-14-6-5-11-28-21(14)17-9-10-20-29-19(13-32(20)31-17)15-7-8-16(24(25,26)27)18(12-15)30-22(33)23(2,3)4/h5-13H,1-4H3,(H,30,33). The third-order valence-electron chi connectivity index (χ3n) is 5.12.